The van der Waals surface area contributed by atoms with E-state index in [-0.39, 0.29) is 6.04 Å². The maximum Gasteiger partial charge on any atom is 0.326 e. The first-order valence-electron chi connectivity index (χ1n) is 7.05. The van der Waals surface area contributed by atoms with Crippen molar-refractivity contribution in [1.82, 2.24) is 15.5 Å². The second-order valence-electron chi connectivity index (χ2n) is 5.10. The highest BCUT2D eigenvalue weighted by molar-refractivity contribution is 5.82. The number of amides is 2. The fraction of sp³-hybridized carbons (Fsp3) is 0.846. The van der Waals surface area contributed by atoms with Gasteiger partial charge in [0.15, 0.2) is 0 Å². The Morgan fingerprint density at radius 2 is 1.89 bits per heavy atom. The third-order valence-corrected chi connectivity index (χ3v) is 3.58. The number of carboxylic acids is 1. The van der Waals surface area contributed by atoms with Crippen LogP contribution in [0.4, 0.5) is 4.79 Å². The summed E-state index contributed by atoms with van der Waals surface area (Å²) in [5.74, 6) is -0.998. The molecule has 110 valence electrons. The molecule has 6 nitrogen and oxygen atoms in total. The number of aliphatic carboxylic acids is 1. The van der Waals surface area contributed by atoms with Gasteiger partial charge in [-0.3, -0.25) is 4.90 Å². The van der Waals surface area contributed by atoms with Gasteiger partial charge in [0, 0.05) is 12.6 Å². The van der Waals surface area contributed by atoms with Gasteiger partial charge in [-0.2, -0.15) is 0 Å². The van der Waals surface area contributed by atoms with Crippen LogP contribution < -0.4 is 10.6 Å². The second-order valence-corrected chi connectivity index (χ2v) is 5.10. The van der Waals surface area contributed by atoms with Gasteiger partial charge in [0.1, 0.15) is 6.04 Å². The van der Waals surface area contributed by atoms with Crippen LogP contribution in [0.25, 0.3) is 0 Å². The van der Waals surface area contributed by atoms with Crippen molar-refractivity contribution in [3.8, 4) is 0 Å². The smallest absolute Gasteiger partial charge is 0.326 e. The molecule has 0 aromatic carbocycles. The molecule has 0 aromatic heterocycles. The van der Waals surface area contributed by atoms with Crippen LogP contribution in [0.1, 0.15) is 39.5 Å². The van der Waals surface area contributed by atoms with E-state index >= 15 is 0 Å². The van der Waals surface area contributed by atoms with Gasteiger partial charge in [-0.05, 0) is 39.3 Å². The number of carboxylic acid groups (broad SMARTS) is 1. The van der Waals surface area contributed by atoms with Gasteiger partial charge in [0.05, 0.1) is 0 Å². The Hall–Kier alpha value is -1.30. The molecule has 19 heavy (non-hydrogen) atoms. The van der Waals surface area contributed by atoms with E-state index in [4.69, 9.17) is 5.11 Å². The number of urea groups is 1. The zero-order valence-corrected chi connectivity index (χ0v) is 11.8. The van der Waals surface area contributed by atoms with Crippen molar-refractivity contribution in [3.05, 3.63) is 0 Å². The van der Waals surface area contributed by atoms with Gasteiger partial charge in [-0.25, -0.2) is 9.59 Å². The molecule has 0 spiro atoms. The Labute approximate surface area is 114 Å². The molecule has 1 rings (SSSR count). The molecule has 1 unspecified atom stereocenters. The molecule has 0 saturated carbocycles. The molecular formula is C13H25N3O3. The number of carbonyl (C=O) groups excluding carboxylic acids is 1. The van der Waals surface area contributed by atoms with Crippen molar-refractivity contribution in [1.29, 1.82) is 0 Å². The van der Waals surface area contributed by atoms with E-state index in [1.807, 2.05) is 0 Å². The topological polar surface area (TPSA) is 81.7 Å². The van der Waals surface area contributed by atoms with Crippen molar-refractivity contribution in [2.75, 3.05) is 19.6 Å². The van der Waals surface area contributed by atoms with Gasteiger partial charge in [0.2, 0.25) is 0 Å². The summed E-state index contributed by atoms with van der Waals surface area (Å²) >= 11 is 0. The molecule has 1 aliphatic heterocycles. The van der Waals surface area contributed by atoms with Gasteiger partial charge >= 0.3 is 12.0 Å². The average molecular weight is 271 g/mol. The van der Waals surface area contributed by atoms with Gasteiger partial charge < -0.3 is 15.7 Å². The summed E-state index contributed by atoms with van der Waals surface area (Å²) in [6, 6.07) is -0.931. The molecule has 1 heterocycles. The van der Waals surface area contributed by atoms with Crippen LogP contribution in [-0.2, 0) is 4.79 Å². The Bertz CT molecular complexity index is 304. The van der Waals surface area contributed by atoms with Crippen LogP contribution in [0.3, 0.4) is 0 Å². The van der Waals surface area contributed by atoms with Crippen molar-refractivity contribution >= 4 is 12.0 Å². The van der Waals surface area contributed by atoms with E-state index < -0.39 is 18.0 Å². The number of hydrogen-bond donors (Lipinski definition) is 3. The van der Waals surface area contributed by atoms with Crippen LogP contribution in [0.5, 0.6) is 0 Å². The predicted molar refractivity (Wildman–Crippen MR) is 73.1 cm³/mol. The molecule has 0 aromatic rings. The lowest BCUT2D eigenvalue weighted by Crippen LogP contribution is -2.50. The Balaban J connectivity index is 2.26. The molecule has 6 heteroatoms. The van der Waals surface area contributed by atoms with Crippen LogP contribution in [0.15, 0.2) is 0 Å². The quantitative estimate of drug-likeness (QED) is 0.674. The van der Waals surface area contributed by atoms with Gasteiger partial charge in [0.25, 0.3) is 0 Å². The highest BCUT2D eigenvalue weighted by Crippen LogP contribution is 2.11. The molecule has 1 fully saturated rings. The molecule has 2 atom stereocenters. The monoisotopic (exact) mass is 271 g/mol. The number of nitrogens with one attached hydrogen (secondary N) is 2. The highest BCUT2D eigenvalue weighted by atomic mass is 16.4. The first kappa shape index (κ1) is 15.8. The summed E-state index contributed by atoms with van der Waals surface area (Å²) in [7, 11) is 0. The number of rotatable bonds is 6. The van der Waals surface area contributed by atoms with E-state index in [0.29, 0.717) is 13.0 Å². The van der Waals surface area contributed by atoms with E-state index in [1.165, 1.54) is 19.3 Å². The lowest BCUT2D eigenvalue weighted by Gasteiger charge is -2.32. The molecule has 2 amide bonds. The zero-order chi connectivity index (χ0) is 14.3. The molecule has 1 aliphatic rings. The van der Waals surface area contributed by atoms with Crippen molar-refractivity contribution in [2.24, 2.45) is 0 Å². The Kier molecular flexibility index (Phi) is 6.62. The summed E-state index contributed by atoms with van der Waals surface area (Å²) in [4.78, 5) is 24.8. The Morgan fingerprint density at radius 3 is 2.42 bits per heavy atom. The maximum absolute atomic E-state index is 11.6. The minimum absolute atomic E-state index is 0.288. The molecule has 1 saturated heterocycles. The average Bonchev–Trinajstić information content (AvgIpc) is 2.42. The molecule has 0 radical (unpaired) electrons. The van der Waals surface area contributed by atoms with Crippen molar-refractivity contribution in [3.63, 3.8) is 0 Å². The third kappa shape index (κ3) is 5.46. The maximum atomic E-state index is 11.6. The van der Waals surface area contributed by atoms with Crippen molar-refractivity contribution < 1.29 is 14.7 Å². The number of piperidine rings is 1. The largest absolute Gasteiger partial charge is 0.480 e. The third-order valence-electron chi connectivity index (χ3n) is 3.58. The fourth-order valence-corrected chi connectivity index (χ4v) is 2.28. The normalized spacial score (nSPS) is 19.5. The van der Waals surface area contributed by atoms with Crippen LogP contribution >= 0.6 is 0 Å². The number of carbonyl (C=O) groups is 2. The lowest BCUT2D eigenvalue weighted by molar-refractivity contribution is -0.139. The predicted octanol–water partition coefficient (Wildman–Crippen LogP) is 1.02. The van der Waals surface area contributed by atoms with E-state index in [0.717, 1.165) is 13.1 Å². The summed E-state index contributed by atoms with van der Waals surface area (Å²) in [5.41, 5.74) is 0. The van der Waals surface area contributed by atoms with Crippen molar-refractivity contribution in [2.45, 2.75) is 51.6 Å². The fourth-order valence-electron chi connectivity index (χ4n) is 2.28. The van der Waals surface area contributed by atoms with Crippen LogP contribution in [0, 0.1) is 0 Å². The van der Waals surface area contributed by atoms with Gasteiger partial charge in [-0.15, -0.1) is 0 Å². The number of likely N-dealkylation sites (tertiary alicyclic amines) is 1. The first-order chi connectivity index (χ1) is 9.04. The minimum atomic E-state index is -0.998. The van der Waals surface area contributed by atoms with E-state index in [9.17, 15) is 9.59 Å². The first-order valence-corrected chi connectivity index (χ1v) is 7.05. The SMILES string of the molecule is CC[C@H](NC(=O)NCC(C)N1CCCCC1)C(=O)O. The molecular weight excluding hydrogens is 246 g/mol. The van der Waals surface area contributed by atoms with E-state index in [2.05, 4.69) is 22.5 Å². The summed E-state index contributed by atoms with van der Waals surface area (Å²) < 4.78 is 0. The van der Waals surface area contributed by atoms with Gasteiger partial charge in [-0.1, -0.05) is 13.3 Å². The standard InChI is InChI=1S/C13H25N3O3/c1-3-11(12(17)18)15-13(19)14-9-10(2)16-7-5-4-6-8-16/h10-11H,3-9H2,1-2H3,(H,17,18)(H2,14,15,19)/t10?,11-/m0/s1. The summed E-state index contributed by atoms with van der Waals surface area (Å²) in [5, 5.41) is 14.1. The lowest BCUT2D eigenvalue weighted by atomic mass is 10.1. The minimum Gasteiger partial charge on any atom is -0.480 e. The number of nitrogens with zero attached hydrogens (tertiary/aromatic N) is 1. The number of hydrogen-bond acceptors (Lipinski definition) is 3. The van der Waals surface area contributed by atoms with E-state index in [1.54, 1.807) is 6.92 Å². The zero-order valence-electron chi connectivity index (χ0n) is 11.8. The van der Waals surface area contributed by atoms with Crippen LogP contribution in [0.2, 0.25) is 0 Å². The Morgan fingerprint density at radius 1 is 1.26 bits per heavy atom. The summed E-state index contributed by atoms with van der Waals surface area (Å²) in [6.07, 6.45) is 4.10. The molecule has 0 bridgehead atoms. The second kappa shape index (κ2) is 7.99. The highest BCUT2D eigenvalue weighted by Gasteiger charge is 2.19. The summed E-state index contributed by atoms with van der Waals surface area (Å²) in [6.45, 7) is 6.52. The van der Waals surface area contributed by atoms with Crippen LogP contribution in [-0.4, -0.2) is 53.7 Å². The molecule has 0 aliphatic carbocycles. The molecule has 3 N–H and O–H groups in total.